The van der Waals surface area contributed by atoms with Crippen LogP contribution in [0.1, 0.15) is 60.4 Å². The third-order valence-electron chi connectivity index (χ3n) is 4.73. The Morgan fingerprint density at radius 1 is 0.947 bits per heavy atom. The monoisotopic (exact) mass is 257 g/mol. The summed E-state index contributed by atoms with van der Waals surface area (Å²) in [5.74, 6) is 1.32. The van der Waals surface area contributed by atoms with Crippen molar-refractivity contribution in [1.29, 1.82) is 0 Å². The summed E-state index contributed by atoms with van der Waals surface area (Å²) in [6.07, 6.45) is 7.34. The van der Waals surface area contributed by atoms with Gasteiger partial charge in [-0.05, 0) is 50.3 Å². The zero-order valence-electron chi connectivity index (χ0n) is 11.5. The van der Waals surface area contributed by atoms with Crippen molar-refractivity contribution in [3.8, 4) is 0 Å². The Morgan fingerprint density at radius 3 is 2.21 bits per heavy atom. The number of piperidine rings is 1. The van der Waals surface area contributed by atoms with Crippen LogP contribution in [0.2, 0.25) is 0 Å². The Kier molecular flexibility index (Phi) is 3.97. The standard InChI is InChI=1S/C17H23NO/c19-17(16-9-11-18-12-10-16)15-7-5-14(6-8-15)13-3-1-2-4-13/h5-8,13,16,18H,1-4,9-12H2. The van der Waals surface area contributed by atoms with Crippen LogP contribution in [0.3, 0.4) is 0 Å². The molecule has 1 aromatic carbocycles. The number of benzene rings is 1. The lowest BCUT2D eigenvalue weighted by Crippen LogP contribution is -2.31. The molecular weight excluding hydrogens is 234 g/mol. The first-order valence-corrected chi connectivity index (χ1v) is 7.69. The van der Waals surface area contributed by atoms with Crippen molar-refractivity contribution < 1.29 is 4.79 Å². The highest BCUT2D eigenvalue weighted by atomic mass is 16.1. The highest BCUT2D eigenvalue weighted by Crippen LogP contribution is 2.34. The molecule has 1 saturated heterocycles. The molecule has 2 heteroatoms. The van der Waals surface area contributed by atoms with Crippen LogP contribution in [-0.4, -0.2) is 18.9 Å². The van der Waals surface area contributed by atoms with E-state index in [1.165, 1.54) is 31.2 Å². The van der Waals surface area contributed by atoms with Gasteiger partial charge in [-0.15, -0.1) is 0 Å². The molecule has 1 saturated carbocycles. The first-order chi connectivity index (χ1) is 9.34. The normalized spacial score (nSPS) is 21.7. The number of Topliss-reactive ketones (excluding diaryl/α,β-unsaturated/α-hetero) is 1. The molecular formula is C17H23NO. The molecule has 0 amide bonds. The first kappa shape index (κ1) is 12.9. The van der Waals surface area contributed by atoms with Gasteiger partial charge < -0.3 is 5.32 Å². The third-order valence-corrected chi connectivity index (χ3v) is 4.73. The van der Waals surface area contributed by atoms with Gasteiger partial charge >= 0.3 is 0 Å². The number of carbonyl (C=O) groups is 1. The van der Waals surface area contributed by atoms with Gasteiger partial charge in [0, 0.05) is 11.5 Å². The van der Waals surface area contributed by atoms with Crippen LogP contribution >= 0.6 is 0 Å². The maximum atomic E-state index is 12.4. The van der Waals surface area contributed by atoms with Crippen molar-refractivity contribution >= 4 is 5.78 Å². The van der Waals surface area contributed by atoms with E-state index < -0.39 is 0 Å². The average molecular weight is 257 g/mol. The summed E-state index contributed by atoms with van der Waals surface area (Å²) in [4.78, 5) is 12.4. The van der Waals surface area contributed by atoms with Crippen LogP contribution in [-0.2, 0) is 0 Å². The summed E-state index contributed by atoms with van der Waals surface area (Å²) in [5, 5.41) is 3.32. The lowest BCUT2D eigenvalue weighted by Gasteiger charge is -2.21. The Bertz CT molecular complexity index is 425. The minimum Gasteiger partial charge on any atom is -0.317 e. The van der Waals surface area contributed by atoms with E-state index in [0.717, 1.165) is 37.4 Å². The molecule has 0 radical (unpaired) electrons. The molecule has 2 fully saturated rings. The summed E-state index contributed by atoms with van der Waals surface area (Å²) < 4.78 is 0. The summed E-state index contributed by atoms with van der Waals surface area (Å²) in [5.41, 5.74) is 2.34. The minimum absolute atomic E-state index is 0.235. The van der Waals surface area contributed by atoms with Crippen molar-refractivity contribution in [3.05, 3.63) is 35.4 Å². The summed E-state index contributed by atoms with van der Waals surface area (Å²) >= 11 is 0. The SMILES string of the molecule is O=C(c1ccc(C2CCCC2)cc1)C1CCNCC1. The number of hydrogen-bond donors (Lipinski definition) is 1. The van der Waals surface area contributed by atoms with E-state index >= 15 is 0 Å². The molecule has 0 spiro atoms. The van der Waals surface area contributed by atoms with E-state index in [4.69, 9.17) is 0 Å². The number of nitrogens with one attached hydrogen (secondary N) is 1. The number of carbonyl (C=O) groups excluding carboxylic acids is 1. The van der Waals surface area contributed by atoms with E-state index in [1.807, 2.05) is 0 Å². The molecule has 1 aliphatic heterocycles. The van der Waals surface area contributed by atoms with E-state index in [9.17, 15) is 4.79 Å². The van der Waals surface area contributed by atoms with Gasteiger partial charge in [-0.3, -0.25) is 4.79 Å². The largest absolute Gasteiger partial charge is 0.317 e. The second kappa shape index (κ2) is 5.87. The van der Waals surface area contributed by atoms with Crippen LogP contribution in [0.15, 0.2) is 24.3 Å². The smallest absolute Gasteiger partial charge is 0.166 e. The Balaban J connectivity index is 1.69. The lowest BCUT2D eigenvalue weighted by atomic mass is 9.88. The second-order valence-corrected chi connectivity index (χ2v) is 5.99. The third kappa shape index (κ3) is 2.89. The molecule has 1 N–H and O–H groups in total. The second-order valence-electron chi connectivity index (χ2n) is 5.99. The quantitative estimate of drug-likeness (QED) is 0.839. The van der Waals surface area contributed by atoms with Crippen LogP contribution in [0.5, 0.6) is 0 Å². The molecule has 19 heavy (non-hydrogen) atoms. The fourth-order valence-electron chi connectivity index (χ4n) is 3.50. The van der Waals surface area contributed by atoms with E-state index in [-0.39, 0.29) is 5.92 Å². The van der Waals surface area contributed by atoms with Gasteiger partial charge in [0.25, 0.3) is 0 Å². The first-order valence-electron chi connectivity index (χ1n) is 7.69. The van der Waals surface area contributed by atoms with E-state index in [0.29, 0.717) is 5.78 Å². The highest BCUT2D eigenvalue weighted by Gasteiger charge is 2.22. The van der Waals surface area contributed by atoms with Crippen molar-refractivity contribution in [3.63, 3.8) is 0 Å². The van der Waals surface area contributed by atoms with Crippen molar-refractivity contribution in [1.82, 2.24) is 5.32 Å². The van der Waals surface area contributed by atoms with Gasteiger partial charge in [0.15, 0.2) is 5.78 Å². The van der Waals surface area contributed by atoms with Crippen LogP contribution in [0.4, 0.5) is 0 Å². The molecule has 2 nitrogen and oxygen atoms in total. The van der Waals surface area contributed by atoms with Gasteiger partial charge in [0.1, 0.15) is 0 Å². The maximum absolute atomic E-state index is 12.4. The average Bonchev–Trinajstić information content (AvgIpc) is 3.02. The molecule has 0 atom stereocenters. The topological polar surface area (TPSA) is 29.1 Å². The molecule has 0 bridgehead atoms. The van der Waals surface area contributed by atoms with Gasteiger partial charge in [-0.1, -0.05) is 37.1 Å². The molecule has 1 aromatic rings. The van der Waals surface area contributed by atoms with E-state index in [1.54, 1.807) is 0 Å². The zero-order valence-corrected chi connectivity index (χ0v) is 11.5. The van der Waals surface area contributed by atoms with Crippen molar-refractivity contribution in [2.45, 2.75) is 44.4 Å². The van der Waals surface area contributed by atoms with Crippen LogP contribution in [0, 0.1) is 5.92 Å². The van der Waals surface area contributed by atoms with Crippen molar-refractivity contribution in [2.24, 2.45) is 5.92 Å². The molecule has 1 heterocycles. The molecule has 2 aliphatic rings. The van der Waals surface area contributed by atoms with Gasteiger partial charge in [0.2, 0.25) is 0 Å². The summed E-state index contributed by atoms with van der Waals surface area (Å²) in [6.45, 7) is 1.97. The Hall–Kier alpha value is -1.15. The Morgan fingerprint density at radius 2 is 1.58 bits per heavy atom. The predicted molar refractivity (Wildman–Crippen MR) is 77.6 cm³/mol. The lowest BCUT2D eigenvalue weighted by molar-refractivity contribution is 0.0895. The number of rotatable bonds is 3. The fourth-order valence-corrected chi connectivity index (χ4v) is 3.50. The van der Waals surface area contributed by atoms with E-state index in [2.05, 4.69) is 29.6 Å². The van der Waals surface area contributed by atoms with Gasteiger partial charge in [0.05, 0.1) is 0 Å². The van der Waals surface area contributed by atoms with Gasteiger partial charge in [-0.2, -0.15) is 0 Å². The van der Waals surface area contributed by atoms with Crippen LogP contribution in [0.25, 0.3) is 0 Å². The number of hydrogen-bond acceptors (Lipinski definition) is 2. The summed E-state index contributed by atoms with van der Waals surface area (Å²) in [7, 11) is 0. The molecule has 3 rings (SSSR count). The highest BCUT2D eigenvalue weighted by molar-refractivity contribution is 5.97. The molecule has 0 unspecified atom stereocenters. The van der Waals surface area contributed by atoms with Gasteiger partial charge in [-0.25, -0.2) is 0 Å². The molecule has 0 aromatic heterocycles. The minimum atomic E-state index is 0.235. The molecule has 102 valence electrons. The van der Waals surface area contributed by atoms with Crippen LogP contribution < -0.4 is 5.32 Å². The fraction of sp³-hybridized carbons (Fsp3) is 0.588. The Labute approximate surface area is 115 Å². The molecule has 1 aliphatic carbocycles. The maximum Gasteiger partial charge on any atom is 0.166 e. The zero-order chi connectivity index (χ0) is 13.1. The number of ketones is 1. The summed E-state index contributed by atoms with van der Waals surface area (Å²) in [6, 6.07) is 8.48. The van der Waals surface area contributed by atoms with Crippen molar-refractivity contribution in [2.75, 3.05) is 13.1 Å². The predicted octanol–water partition coefficient (Wildman–Crippen LogP) is 3.53.